The minimum Gasteiger partial charge on any atom is -0.303 e. The Morgan fingerprint density at radius 3 is 2.33 bits per heavy atom. The van der Waals surface area contributed by atoms with Crippen LogP contribution >= 0.6 is 15.9 Å². The van der Waals surface area contributed by atoms with E-state index in [4.69, 9.17) is 0 Å². The molecule has 74 valence electrons. The van der Waals surface area contributed by atoms with Crippen molar-refractivity contribution in [2.24, 2.45) is 5.92 Å². The van der Waals surface area contributed by atoms with E-state index in [2.05, 4.69) is 41.6 Å². The SMILES string of the molecule is CCN(CCCCBr)CC(C)C. The topological polar surface area (TPSA) is 3.24 Å². The Hall–Kier alpha value is 0.440. The van der Waals surface area contributed by atoms with E-state index in [1.807, 2.05) is 0 Å². The summed E-state index contributed by atoms with van der Waals surface area (Å²) < 4.78 is 0. The molecular formula is C10H22BrN. The number of hydrogen-bond donors (Lipinski definition) is 0. The Morgan fingerprint density at radius 2 is 1.92 bits per heavy atom. The van der Waals surface area contributed by atoms with Crippen molar-refractivity contribution in [1.82, 2.24) is 4.90 Å². The van der Waals surface area contributed by atoms with Gasteiger partial charge >= 0.3 is 0 Å². The van der Waals surface area contributed by atoms with Crippen molar-refractivity contribution in [3.63, 3.8) is 0 Å². The molecule has 0 aliphatic carbocycles. The van der Waals surface area contributed by atoms with Crippen LogP contribution in [0.2, 0.25) is 0 Å². The maximum atomic E-state index is 3.45. The van der Waals surface area contributed by atoms with Crippen molar-refractivity contribution >= 4 is 15.9 Å². The summed E-state index contributed by atoms with van der Waals surface area (Å²) >= 11 is 3.45. The van der Waals surface area contributed by atoms with E-state index in [1.54, 1.807) is 0 Å². The second-order valence-electron chi connectivity index (χ2n) is 3.68. The van der Waals surface area contributed by atoms with Crippen LogP contribution in [0.3, 0.4) is 0 Å². The Labute approximate surface area is 85.7 Å². The zero-order valence-electron chi connectivity index (χ0n) is 8.65. The lowest BCUT2D eigenvalue weighted by atomic mass is 10.2. The molecule has 0 aliphatic rings. The summed E-state index contributed by atoms with van der Waals surface area (Å²) in [6.07, 6.45) is 2.63. The fraction of sp³-hybridized carbons (Fsp3) is 1.00. The summed E-state index contributed by atoms with van der Waals surface area (Å²) in [6, 6.07) is 0. The molecule has 0 N–H and O–H groups in total. The van der Waals surface area contributed by atoms with Gasteiger partial charge in [-0.25, -0.2) is 0 Å². The molecular weight excluding hydrogens is 214 g/mol. The second kappa shape index (κ2) is 8.06. The number of rotatable bonds is 7. The summed E-state index contributed by atoms with van der Waals surface area (Å²) in [7, 11) is 0. The van der Waals surface area contributed by atoms with Crippen LogP contribution in [-0.2, 0) is 0 Å². The molecule has 0 atom stereocenters. The standard InChI is InChI=1S/C10H22BrN/c1-4-12(9-10(2)3)8-6-5-7-11/h10H,4-9H2,1-3H3. The van der Waals surface area contributed by atoms with Gasteiger partial charge in [-0.1, -0.05) is 36.7 Å². The molecule has 0 heterocycles. The van der Waals surface area contributed by atoms with Gasteiger partial charge in [0.25, 0.3) is 0 Å². The van der Waals surface area contributed by atoms with Crippen LogP contribution in [0, 0.1) is 5.92 Å². The number of halogens is 1. The minimum absolute atomic E-state index is 0.800. The van der Waals surface area contributed by atoms with Crippen molar-refractivity contribution in [3.8, 4) is 0 Å². The molecule has 0 unspecified atom stereocenters. The largest absolute Gasteiger partial charge is 0.303 e. The van der Waals surface area contributed by atoms with Gasteiger partial charge in [0.05, 0.1) is 0 Å². The third kappa shape index (κ3) is 7.11. The van der Waals surface area contributed by atoms with E-state index in [-0.39, 0.29) is 0 Å². The van der Waals surface area contributed by atoms with Crippen LogP contribution < -0.4 is 0 Å². The lowest BCUT2D eigenvalue weighted by molar-refractivity contribution is 0.253. The number of hydrogen-bond acceptors (Lipinski definition) is 1. The fourth-order valence-corrected chi connectivity index (χ4v) is 1.72. The average Bonchev–Trinajstić information content (AvgIpc) is 2.02. The molecule has 0 bridgehead atoms. The normalized spacial score (nSPS) is 11.5. The van der Waals surface area contributed by atoms with E-state index >= 15 is 0 Å². The van der Waals surface area contributed by atoms with Crippen molar-refractivity contribution in [2.45, 2.75) is 33.6 Å². The second-order valence-corrected chi connectivity index (χ2v) is 4.48. The van der Waals surface area contributed by atoms with Crippen molar-refractivity contribution in [1.29, 1.82) is 0 Å². The number of nitrogens with zero attached hydrogens (tertiary/aromatic N) is 1. The molecule has 12 heavy (non-hydrogen) atoms. The van der Waals surface area contributed by atoms with Gasteiger partial charge in [0, 0.05) is 11.9 Å². The van der Waals surface area contributed by atoms with Crippen LogP contribution in [0.25, 0.3) is 0 Å². The van der Waals surface area contributed by atoms with E-state index in [0.717, 1.165) is 11.2 Å². The highest BCUT2D eigenvalue weighted by Crippen LogP contribution is 2.01. The first-order valence-corrected chi connectivity index (χ1v) is 6.11. The van der Waals surface area contributed by atoms with Crippen molar-refractivity contribution < 1.29 is 0 Å². The van der Waals surface area contributed by atoms with E-state index < -0.39 is 0 Å². The molecule has 0 radical (unpaired) electrons. The lowest BCUT2D eigenvalue weighted by Gasteiger charge is -2.22. The molecule has 0 rings (SSSR count). The van der Waals surface area contributed by atoms with E-state index in [0.29, 0.717) is 0 Å². The van der Waals surface area contributed by atoms with Crippen LogP contribution in [0.1, 0.15) is 33.6 Å². The summed E-state index contributed by atoms with van der Waals surface area (Å²) in [6.45, 7) is 10.5. The lowest BCUT2D eigenvalue weighted by Crippen LogP contribution is -2.28. The minimum atomic E-state index is 0.800. The van der Waals surface area contributed by atoms with Gasteiger partial charge in [-0.3, -0.25) is 0 Å². The third-order valence-electron chi connectivity index (χ3n) is 1.93. The maximum Gasteiger partial charge on any atom is 0.00317 e. The highest BCUT2D eigenvalue weighted by molar-refractivity contribution is 9.09. The molecule has 0 amide bonds. The maximum absolute atomic E-state index is 3.45. The van der Waals surface area contributed by atoms with Crippen LogP contribution in [-0.4, -0.2) is 29.9 Å². The van der Waals surface area contributed by atoms with Gasteiger partial charge < -0.3 is 4.90 Å². The molecule has 2 heteroatoms. The Balaban J connectivity index is 3.39. The smallest absolute Gasteiger partial charge is 0.00317 e. The molecule has 0 aromatic rings. The van der Waals surface area contributed by atoms with Crippen LogP contribution in [0.5, 0.6) is 0 Å². The predicted octanol–water partition coefficient (Wildman–Crippen LogP) is 3.14. The first-order valence-electron chi connectivity index (χ1n) is 4.99. The molecule has 0 saturated heterocycles. The summed E-state index contributed by atoms with van der Waals surface area (Å²) in [5.41, 5.74) is 0. The first-order chi connectivity index (χ1) is 5.70. The van der Waals surface area contributed by atoms with Gasteiger partial charge in [0.1, 0.15) is 0 Å². The van der Waals surface area contributed by atoms with Gasteiger partial charge in [0.2, 0.25) is 0 Å². The van der Waals surface area contributed by atoms with Gasteiger partial charge in [-0.15, -0.1) is 0 Å². The number of unbranched alkanes of at least 4 members (excludes halogenated alkanes) is 1. The molecule has 0 aliphatic heterocycles. The van der Waals surface area contributed by atoms with E-state index in [9.17, 15) is 0 Å². The summed E-state index contributed by atoms with van der Waals surface area (Å²) in [5, 5.41) is 1.15. The van der Waals surface area contributed by atoms with Crippen molar-refractivity contribution in [3.05, 3.63) is 0 Å². The predicted molar refractivity (Wildman–Crippen MR) is 60.0 cm³/mol. The first kappa shape index (κ1) is 12.4. The quantitative estimate of drug-likeness (QED) is 0.485. The zero-order valence-corrected chi connectivity index (χ0v) is 10.2. The summed E-state index contributed by atoms with van der Waals surface area (Å²) in [4.78, 5) is 2.54. The van der Waals surface area contributed by atoms with E-state index in [1.165, 1.54) is 32.5 Å². The highest BCUT2D eigenvalue weighted by Gasteiger charge is 2.03. The molecule has 0 saturated carbocycles. The highest BCUT2D eigenvalue weighted by atomic mass is 79.9. The zero-order chi connectivity index (χ0) is 9.40. The van der Waals surface area contributed by atoms with Crippen LogP contribution in [0.15, 0.2) is 0 Å². The average molecular weight is 236 g/mol. The Morgan fingerprint density at radius 1 is 1.25 bits per heavy atom. The van der Waals surface area contributed by atoms with Crippen LogP contribution in [0.4, 0.5) is 0 Å². The van der Waals surface area contributed by atoms with Gasteiger partial charge in [-0.2, -0.15) is 0 Å². The van der Waals surface area contributed by atoms with Gasteiger partial charge in [0.15, 0.2) is 0 Å². The Bertz CT molecular complexity index is 93.8. The molecule has 0 aromatic carbocycles. The molecule has 1 nitrogen and oxygen atoms in total. The third-order valence-corrected chi connectivity index (χ3v) is 2.49. The molecule has 0 fully saturated rings. The summed E-state index contributed by atoms with van der Waals surface area (Å²) in [5.74, 6) is 0.800. The Kier molecular flexibility index (Phi) is 8.35. The molecule has 0 aromatic heterocycles. The fourth-order valence-electron chi connectivity index (χ4n) is 1.32. The monoisotopic (exact) mass is 235 g/mol. The van der Waals surface area contributed by atoms with Gasteiger partial charge in [-0.05, 0) is 31.8 Å². The molecule has 0 spiro atoms. The van der Waals surface area contributed by atoms with Crippen molar-refractivity contribution in [2.75, 3.05) is 25.0 Å². The number of alkyl halides is 1.